The van der Waals surface area contributed by atoms with Gasteiger partial charge < -0.3 is 5.32 Å². The van der Waals surface area contributed by atoms with Gasteiger partial charge in [0.15, 0.2) is 0 Å². The summed E-state index contributed by atoms with van der Waals surface area (Å²) in [5.74, 6) is 0. The average molecular weight is 310 g/mol. The molecule has 1 aliphatic carbocycles. The molecule has 0 saturated heterocycles. The molecule has 0 spiro atoms. The van der Waals surface area contributed by atoms with E-state index in [0.717, 1.165) is 36.8 Å². The standard InChI is InChI=1S/C16H26N2O2S/c1-13-9-10-16(11-14(13)12-17-2)21(19,20)18-15-7-5-3-4-6-8-15/h9-11,15,17-18H,3-8,12H2,1-2H3. The van der Waals surface area contributed by atoms with Gasteiger partial charge in [-0.25, -0.2) is 13.1 Å². The molecule has 4 nitrogen and oxygen atoms in total. The van der Waals surface area contributed by atoms with Gasteiger partial charge in [-0.2, -0.15) is 0 Å². The van der Waals surface area contributed by atoms with E-state index in [1.54, 1.807) is 12.1 Å². The number of aryl methyl sites for hydroxylation is 1. The molecule has 0 aromatic heterocycles. The van der Waals surface area contributed by atoms with Crippen LogP contribution in [0.25, 0.3) is 0 Å². The molecule has 0 bridgehead atoms. The Hall–Kier alpha value is -0.910. The molecule has 0 atom stereocenters. The molecule has 21 heavy (non-hydrogen) atoms. The number of sulfonamides is 1. The van der Waals surface area contributed by atoms with Gasteiger partial charge >= 0.3 is 0 Å². The summed E-state index contributed by atoms with van der Waals surface area (Å²) in [5.41, 5.74) is 2.14. The maximum atomic E-state index is 12.5. The van der Waals surface area contributed by atoms with E-state index in [4.69, 9.17) is 0 Å². The first-order valence-electron chi connectivity index (χ1n) is 7.79. The molecule has 1 saturated carbocycles. The summed E-state index contributed by atoms with van der Waals surface area (Å²) in [4.78, 5) is 0.377. The minimum Gasteiger partial charge on any atom is -0.316 e. The molecule has 5 heteroatoms. The lowest BCUT2D eigenvalue weighted by atomic mass is 10.1. The summed E-state index contributed by atoms with van der Waals surface area (Å²) in [7, 11) is -1.55. The third-order valence-electron chi connectivity index (χ3n) is 4.18. The first kappa shape index (κ1) is 16.5. The Kier molecular flexibility index (Phi) is 5.79. The van der Waals surface area contributed by atoms with Crippen molar-refractivity contribution in [2.75, 3.05) is 7.05 Å². The van der Waals surface area contributed by atoms with Crippen molar-refractivity contribution in [1.82, 2.24) is 10.0 Å². The molecule has 0 heterocycles. The Labute approximate surface area is 128 Å². The maximum Gasteiger partial charge on any atom is 0.240 e. The summed E-state index contributed by atoms with van der Waals surface area (Å²) in [6.45, 7) is 2.68. The van der Waals surface area contributed by atoms with Crippen molar-refractivity contribution >= 4 is 10.0 Å². The van der Waals surface area contributed by atoms with Crippen molar-refractivity contribution in [2.24, 2.45) is 0 Å². The predicted molar refractivity (Wildman–Crippen MR) is 85.8 cm³/mol. The van der Waals surface area contributed by atoms with Gasteiger partial charge in [-0.3, -0.25) is 0 Å². The van der Waals surface area contributed by atoms with E-state index in [0.29, 0.717) is 11.4 Å². The van der Waals surface area contributed by atoms with Crippen LogP contribution in [-0.2, 0) is 16.6 Å². The van der Waals surface area contributed by atoms with Crippen LogP contribution in [0.1, 0.15) is 49.7 Å². The van der Waals surface area contributed by atoms with E-state index in [-0.39, 0.29) is 6.04 Å². The van der Waals surface area contributed by atoms with Crippen LogP contribution in [0.5, 0.6) is 0 Å². The zero-order valence-corrected chi connectivity index (χ0v) is 13.8. The summed E-state index contributed by atoms with van der Waals surface area (Å²) in [6, 6.07) is 5.46. The lowest BCUT2D eigenvalue weighted by molar-refractivity contribution is 0.510. The number of rotatable bonds is 5. The summed E-state index contributed by atoms with van der Waals surface area (Å²) in [6.07, 6.45) is 6.57. The molecule has 2 rings (SSSR count). The molecule has 0 aliphatic heterocycles. The minimum absolute atomic E-state index is 0.0894. The highest BCUT2D eigenvalue weighted by Crippen LogP contribution is 2.21. The predicted octanol–water partition coefficient (Wildman–Crippen LogP) is 2.72. The third kappa shape index (κ3) is 4.53. The van der Waals surface area contributed by atoms with Crippen LogP contribution in [-0.4, -0.2) is 21.5 Å². The number of hydrogen-bond acceptors (Lipinski definition) is 3. The van der Waals surface area contributed by atoms with Crippen molar-refractivity contribution in [3.8, 4) is 0 Å². The highest BCUT2D eigenvalue weighted by molar-refractivity contribution is 7.89. The van der Waals surface area contributed by atoms with Crippen molar-refractivity contribution in [1.29, 1.82) is 0 Å². The van der Waals surface area contributed by atoms with Crippen LogP contribution < -0.4 is 10.0 Å². The second-order valence-corrected chi connectivity index (χ2v) is 7.64. The minimum atomic E-state index is -3.41. The number of benzene rings is 1. The Balaban J connectivity index is 2.16. The van der Waals surface area contributed by atoms with E-state index in [9.17, 15) is 8.42 Å². The summed E-state index contributed by atoms with van der Waals surface area (Å²) in [5, 5.41) is 3.08. The Morgan fingerprint density at radius 1 is 1.14 bits per heavy atom. The monoisotopic (exact) mass is 310 g/mol. The van der Waals surface area contributed by atoms with Crippen LogP contribution >= 0.6 is 0 Å². The lowest BCUT2D eigenvalue weighted by Gasteiger charge is -2.17. The van der Waals surface area contributed by atoms with Gasteiger partial charge in [-0.15, -0.1) is 0 Å². The van der Waals surface area contributed by atoms with Crippen LogP contribution in [0.4, 0.5) is 0 Å². The van der Waals surface area contributed by atoms with E-state index < -0.39 is 10.0 Å². The van der Waals surface area contributed by atoms with Crippen molar-refractivity contribution < 1.29 is 8.42 Å². The molecule has 0 unspecified atom stereocenters. The quantitative estimate of drug-likeness (QED) is 0.822. The van der Waals surface area contributed by atoms with E-state index in [2.05, 4.69) is 10.0 Å². The van der Waals surface area contributed by atoms with Crippen molar-refractivity contribution in [3.63, 3.8) is 0 Å². The van der Waals surface area contributed by atoms with Crippen LogP contribution in [0.3, 0.4) is 0 Å². The highest BCUT2D eigenvalue weighted by Gasteiger charge is 2.21. The van der Waals surface area contributed by atoms with Gasteiger partial charge in [0.2, 0.25) is 10.0 Å². The molecular weight excluding hydrogens is 284 g/mol. The fourth-order valence-corrected chi connectivity index (χ4v) is 4.24. The van der Waals surface area contributed by atoms with E-state index in [1.807, 2.05) is 20.0 Å². The van der Waals surface area contributed by atoms with Crippen molar-refractivity contribution in [2.45, 2.75) is 62.9 Å². The smallest absolute Gasteiger partial charge is 0.240 e. The van der Waals surface area contributed by atoms with Crippen molar-refractivity contribution in [3.05, 3.63) is 29.3 Å². The normalized spacial score (nSPS) is 17.6. The number of hydrogen-bond donors (Lipinski definition) is 2. The fourth-order valence-electron chi connectivity index (χ4n) is 2.88. The Morgan fingerprint density at radius 2 is 1.81 bits per heavy atom. The van der Waals surface area contributed by atoms with Gasteiger partial charge in [0.25, 0.3) is 0 Å². The van der Waals surface area contributed by atoms with Crippen LogP contribution in [0.15, 0.2) is 23.1 Å². The lowest BCUT2D eigenvalue weighted by Crippen LogP contribution is -2.34. The molecule has 118 valence electrons. The van der Waals surface area contributed by atoms with E-state index >= 15 is 0 Å². The molecule has 1 aliphatic rings. The Bertz CT molecular complexity index is 562. The first-order valence-corrected chi connectivity index (χ1v) is 9.28. The average Bonchev–Trinajstić information content (AvgIpc) is 2.69. The summed E-state index contributed by atoms with van der Waals surface area (Å²) < 4.78 is 28.0. The zero-order valence-electron chi connectivity index (χ0n) is 13.0. The Morgan fingerprint density at radius 3 is 2.43 bits per heavy atom. The van der Waals surface area contributed by atoms with E-state index in [1.165, 1.54) is 12.8 Å². The largest absolute Gasteiger partial charge is 0.316 e. The molecule has 0 radical (unpaired) electrons. The van der Waals surface area contributed by atoms with Gasteiger partial charge in [0.1, 0.15) is 0 Å². The highest BCUT2D eigenvalue weighted by atomic mass is 32.2. The van der Waals surface area contributed by atoms with Crippen LogP contribution in [0, 0.1) is 6.92 Å². The molecule has 2 N–H and O–H groups in total. The molecule has 1 aromatic carbocycles. The molecule has 1 aromatic rings. The second-order valence-electron chi connectivity index (χ2n) is 5.93. The van der Waals surface area contributed by atoms with Crippen LogP contribution in [0.2, 0.25) is 0 Å². The zero-order chi connectivity index (χ0) is 15.3. The topological polar surface area (TPSA) is 58.2 Å². The SMILES string of the molecule is CNCc1cc(S(=O)(=O)NC2CCCCCC2)ccc1C. The molecular formula is C16H26N2O2S. The first-order chi connectivity index (χ1) is 10.0. The molecule has 0 amide bonds. The maximum absolute atomic E-state index is 12.5. The fraction of sp³-hybridized carbons (Fsp3) is 0.625. The van der Waals surface area contributed by atoms with Gasteiger partial charge in [0.05, 0.1) is 4.90 Å². The van der Waals surface area contributed by atoms with Gasteiger partial charge in [-0.1, -0.05) is 31.7 Å². The van der Waals surface area contributed by atoms with Gasteiger partial charge in [0, 0.05) is 12.6 Å². The van der Waals surface area contributed by atoms with Gasteiger partial charge in [-0.05, 0) is 50.1 Å². The second kappa shape index (κ2) is 7.38. The molecule has 1 fully saturated rings. The third-order valence-corrected chi connectivity index (χ3v) is 5.69. The number of nitrogens with one attached hydrogen (secondary N) is 2. The summed E-state index contributed by atoms with van der Waals surface area (Å²) >= 11 is 0.